The summed E-state index contributed by atoms with van der Waals surface area (Å²) in [5.41, 5.74) is 3.48. The molecule has 6 heteroatoms. The molecule has 0 saturated carbocycles. The number of likely N-dealkylation sites (tertiary alicyclic amines) is 1. The van der Waals surface area contributed by atoms with E-state index in [1.807, 2.05) is 12.1 Å². The van der Waals surface area contributed by atoms with E-state index in [2.05, 4.69) is 80.0 Å². The number of hydrogen-bond acceptors (Lipinski definition) is 5. The first-order valence-corrected chi connectivity index (χ1v) is 12.8. The summed E-state index contributed by atoms with van der Waals surface area (Å²) < 4.78 is 0. The van der Waals surface area contributed by atoms with Gasteiger partial charge in [0.15, 0.2) is 0 Å². The molecule has 3 aromatic rings. The molecule has 1 amide bonds. The van der Waals surface area contributed by atoms with Crippen molar-refractivity contribution >= 4 is 28.6 Å². The lowest BCUT2D eigenvalue weighted by Crippen LogP contribution is -2.45. The van der Waals surface area contributed by atoms with E-state index in [9.17, 15) is 4.79 Å². The van der Waals surface area contributed by atoms with Crippen molar-refractivity contribution in [3.63, 3.8) is 0 Å². The predicted molar refractivity (Wildman–Crippen MR) is 137 cm³/mol. The molecule has 0 radical (unpaired) electrons. The number of hydrogen-bond donors (Lipinski definition) is 1. The molecular weight excluding hydrogens is 428 g/mol. The van der Waals surface area contributed by atoms with Gasteiger partial charge in [0.1, 0.15) is 0 Å². The zero-order valence-corrected chi connectivity index (χ0v) is 19.8. The van der Waals surface area contributed by atoms with Crippen LogP contribution in [0.5, 0.6) is 0 Å². The summed E-state index contributed by atoms with van der Waals surface area (Å²) in [7, 11) is 0. The highest BCUT2D eigenvalue weighted by atomic mass is 32.1. The Morgan fingerprint density at radius 1 is 0.909 bits per heavy atom. The number of benzene rings is 2. The van der Waals surface area contributed by atoms with Crippen LogP contribution in [0.2, 0.25) is 0 Å². The number of nitrogens with zero attached hydrogens (tertiary/aromatic N) is 3. The van der Waals surface area contributed by atoms with Crippen LogP contribution in [-0.4, -0.2) is 55.0 Å². The molecule has 0 unspecified atom stereocenters. The molecule has 5 rings (SSSR count). The van der Waals surface area contributed by atoms with E-state index in [1.54, 1.807) is 11.3 Å². The lowest BCUT2D eigenvalue weighted by atomic mass is 10.2. The minimum Gasteiger partial charge on any atom is -0.369 e. The molecule has 33 heavy (non-hydrogen) atoms. The first-order valence-electron chi connectivity index (χ1n) is 11.9. The van der Waals surface area contributed by atoms with Gasteiger partial charge in [0.05, 0.1) is 6.54 Å². The molecule has 2 aliphatic heterocycles. The normalized spacial score (nSPS) is 19.6. The highest BCUT2D eigenvalue weighted by Crippen LogP contribution is 2.34. The zero-order valence-electron chi connectivity index (χ0n) is 19.0. The second kappa shape index (κ2) is 10.5. The summed E-state index contributed by atoms with van der Waals surface area (Å²) in [5, 5.41) is 5.22. The number of nitrogens with one attached hydrogen (secondary N) is 1. The molecule has 2 aliphatic rings. The van der Waals surface area contributed by atoms with Crippen LogP contribution in [0.25, 0.3) is 0 Å². The van der Waals surface area contributed by atoms with Crippen molar-refractivity contribution in [2.75, 3.05) is 49.5 Å². The highest BCUT2D eigenvalue weighted by Gasteiger charge is 2.28. The van der Waals surface area contributed by atoms with Gasteiger partial charge in [0.25, 0.3) is 0 Å². The Bertz CT molecular complexity index is 1010. The Morgan fingerprint density at radius 2 is 1.70 bits per heavy atom. The van der Waals surface area contributed by atoms with E-state index in [0.29, 0.717) is 12.6 Å². The maximum absolute atomic E-state index is 12.7. The molecule has 1 N–H and O–H groups in total. The number of amides is 1. The molecule has 1 aromatic heterocycles. The van der Waals surface area contributed by atoms with E-state index in [0.717, 1.165) is 57.8 Å². The fourth-order valence-corrected chi connectivity index (χ4v) is 5.86. The second-order valence-corrected chi connectivity index (χ2v) is 9.97. The van der Waals surface area contributed by atoms with Crippen LogP contribution in [0.3, 0.4) is 0 Å². The summed E-state index contributed by atoms with van der Waals surface area (Å²) in [5.74, 6) is 0.0701. The lowest BCUT2D eigenvalue weighted by Gasteiger charge is -2.36. The van der Waals surface area contributed by atoms with Gasteiger partial charge in [0, 0.05) is 55.0 Å². The topological polar surface area (TPSA) is 38.8 Å². The molecule has 0 spiro atoms. The maximum atomic E-state index is 12.7. The minimum atomic E-state index is 0.0701. The van der Waals surface area contributed by atoms with Crippen LogP contribution >= 0.6 is 11.3 Å². The third-order valence-electron chi connectivity index (χ3n) is 6.72. The number of carbonyl (C=O) groups is 1. The predicted octanol–water partition coefficient (Wildman–Crippen LogP) is 4.85. The number of carbonyl (C=O) groups excluding carboxylic acids is 1. The fourth-order valence-electron chi connectivity index (χ4n) is 4.96. The Morgan fingerprint density at radius 3 is 2.42 bits per heavy atom. The molecule has 5 nitrogen and oxygen atoms in total. The lowest BCUT2D eigenvalue weighted by molar-refractivity contribution is -0.117. The van der Waals surface area contributed by atoms with Crippen molar-refractivity contribution in [3.8, 4) is 0 Å². The Hall–Kier alpha value is -2.67. The molecule has 0 bridgehead atoms. The summed E-state index contributed by atoms with van der Waals surface area (Å²) in [6.45, 7) is 6.64. The minimum absolute atomic E-state index is 0.0701. The van der Waals surface area contributed by atoms with Crippen LogP contribution in [-0.2, 0) is 11.3 Å². The van der Waals surface area contributed by atoms with Gasteiger partial charge in [-0.3, -0.25) is 14.6 Å². The summed E-state index contributed by atoms with van der Waals surface area (Å²) in [4.78, 5) is 21.3. The van der Waals surface area contributed by atoms with E-state index in [4.69, 9.17) is 0 Å². The van der Waals surface area contributed by atoms with Crippen LogP contribution in [0.4, 0.5) is 11.4 Å². The van der Waals surface area contributed by atoms with Crippen LogP contribution < -0.4 is 10.2 Å². The summed E-state index contributed by atoms with van der Waals surface area (Å²) in [6.07, 6.45) is 2.30. The van der Waals surface area contributed by atoms with E-state index < -0.39 is 0 Å². The summed E-state index contributed by atoms with van der Waals surface area (Å²) in [6, 6.07) is 23.7. The van der Waals surface area contributed by atoms with Gasteiger partial charge in [-0.05, 0) is 60.7 Å². The molecule has 0 aliphatic carbocycles. The average Bonchev–Trinajstić information content (AvgIpc) is 3.53. The molecule has 3 heterocycles. The summed E-state index contributed by atoms with van der Waals surface area (Å²) >= 11 is 1.79. The van der Waals surface area contributed by atoms with Crippen LogP contribution in [0.15, 0.2) is 72.1 Å². The molecule has 1 atom stereocenters. The quantitative estimate of drug-likeness (QED) is 0.547. The van der Waals surface area contributed by atoms with Gasteiger partial charge in [-0.1, -0.05) is 36.4 Å². The maximum Gasteiger partial charge on any atom is 0.238 e. The second-order valence-electron chi connectivity index (χ2n) is 8.99. The molecule has 172 valence electrons. The molecule has 2 saturated heterocycles. The van der Waals surface area contributed by atoms with Crippen molar-refractivity contribution in [3.05, 3.63) is 82.6 Å². The van der Waals surface area contributed by atoms with Crippen molar-refractivity contribution in [2.24, 2.45) is 0 Å². The monoisotopic (exact) mass is 460 g/mol. The number of anilines is 2. The first-order chi connectivity index (χ1) is 16.2. The van der Waals surface area contributed by atoms with Gasteiger partial charge in [-0.15, -0.1) is 11.3 Å². The van der Waals surface area contributed by atoms with Gasteiger partial charge >= 0.3 is 0 Å². The number of rotatable bonds is 7. The van der Waals surface area contributed by atoms with E-state index in [1.165, 1.54) is 16.1 Å². The van der Waals surface area contributed by atoms with Gasteiger partial charge in [-0.25, -0.2) is 0 Å². The van der Waals surface area contributed by atoms with Gasteiger partial charge < -0.3 is 10.2 Å². The fraction of sp³-hybridized carbons (Fsp3) is 0.370. The number of piperazine rings is 1. The highest BCUT2D eigenvalue weighted by molar-refractivity contribution is 7.10. The van der Waals surface area contributed by atoms with Crippen LogP contribution in [0, 0.1) is 0 Å². The Balaban J connectivity index is 1.10. The van der Waals surface area contributed by atoms with E-state index >= 15 is 0 Å². The zero-order chi connectivity index (χ0) is 22.5. The SMILES string of the molecule is O=C(CN1CCC[C@@H]1c1cccs1)Nc1ccc(N2CCN(Cc3ccccc3)CC2)cc1. The third-order valence-corrected chi connectivity index (χ3v) is 7.69. The van der Waals surface area contributed by atoms with Gasteiger partial charge in [0.2, 0.25) is 5.91 Å². The molecular formula is C27H32N4OS. The van der Waals surface area contributed by atoms with Crippen molar-refractivity contribution in [1.82, 2.24) is 9.80 Å². The van der Waals surface area contributed by atoms with Gasteiger partial charge in [-0.2, -0.15) is 0 Å². The molecule has 2 fully saturated rings. The van der Waals surface area contributed by atoms with Crippen LogP contribution in [0.1, 0.15) is 29.3 Å². The Kier molecular flexibility index (Phi) is 7.05. The largest absolute Gasteiger partial charge is 0.369 e. The van der Waals surface area contributed by atoms with Crippen molar-refractivity contribution < 1.29 is 4.79 Å². The number of thiophene rings is 1. The first kappa shape index (κ1) is 22.1. The standard InChI is InChI=1S/C27H32N4OS/c32-27(21-31-14-4-8-25(31)26-9-5-19-33-26)28-23-10-12-24(13-11-23)30-17-15-29(16-18-30)20-22-6-2-1-3-7-22/h1-3,5-7,9-13,19,25H,4,8,14-18,20-21H2,(H,28,32)/t25-/m1/s1. The van der Waals surface area contributed by atoms with Crippen molar-refractivity contribution in [2.45, 2.75) is 25.4 Å². The smallest absolute Gasteiger partial charge is 0.238 e. The Labute approximate surface area is 200 Å². The average molecular weight is 461 g/mol. The third kappa shape index (κ3) is 5.64. The molecule has 2 aromatic carbocycles. The van der Waals surface area contributed by atoms with Crippen molar-refractivity contribution in [1.29, 1.82) is 0 Å². The van der Waals surface area contributed by atoms with E-state index in [-0.39, 0.29) is 5.91 Å².